The minimum absolute atomic E-state index is 0.110. The molecule has 0 aliphatic carbocycles. The van der Waals surface area contributed by atoms with Gasteiger partial charge in [0.25, 0.3) is 5.91 Å². The van der Waals surface area contributed by atoms with Crippen LogP contribution in [0.1, 0.15) is 107 Å². The molecule has 0 aromatic heterocycles. The zero-order valence-electron chi connectivity index (χ0n) is 18.9. The maximum atomic E-state index is 13.9. The molecular weight excluding hydrogens is 373 g/mol. The van der Waals surface area contributed by atoms with Crippen molar-refractivity contribution in [2.24, 2.45) is 0 Å². The molecule has 0 saturated carbocycles. The first-order valence-electron chi connectivity index (χ1n) is 12.2. The first-order chi connectivity index (χ1) is 14.7. The molecule has 166 valence electrons. The Morgan fingerprint density at radius 3 is 1.77 bits per heavy atom. The van der Waals surface area contributed by atoms with Gasteiger partial charge in [-0.25, -0.2) is 4.39 Å². The van der Waals surface area contributed by atoms with E-state index in [1.807, 2.05) is 6.07 Å². The Labute approximate surface area is 182 Å². The van der Waals surface area contributed by atoms with Gasteiger partial charge in [-0.05, 0) is 23.9 Å². The van der Waals surface area contributed by atoms with E-state index in [1.54, 1.807) is 24.3 Å². The van der Waals surface area contributed by atoms with Crippen LogP contribution in [0.5, 0.6) is 0 Å². The topological polar surface area (TPSA) is 29.1 Å². The zero-order valence-corrected chi connectivity index (χ0v) is 18.9. The van der Waals surface area contributed by atoms with E-state index in [2.05, 4.69) is 12.2 Å². The minimum Gasteiger partial charge on any atom is -0.352 e. The van der Waals surface area contributed by atoms with Crippen LogP contribution in [0, 0.1) is 5.82 Å². The van der Waals surface area contributed by atoms with Crippen LogP contribution in [0.3, 0.4) is 0 Å². The van der Waals surface area contributed by atoms with Crippen LogP contribution in [-0.4, -0.2) is 12.5 Å². The Kier molecular flexibility index (Phi) is 12.2. The number of hydrogen-bond acceptors (Lipinski definition) is 1. The molecule has 2 aromatic rings. The summed E-state index contributed by atoms with van der Waals surface area (Å²) in [5.41, 5.74) is 0.553. The number of carbonyl (C=O) groups excluding carboxylic acids is 1. The quantitative estimate of drug-likeness (QED) is 0.276. The van der Waals surface area contributed by atoms with Gasteiger partial charge in [0.2, 0.25) is 0 Å². The fourth-order valence-electron chi connectivity index (χ4n) is 4.08. The van der Waals surface area contributed by atoms with Gasteiger partial charge in [-0.15, -0.1) is 0 Å². The zero-order chi connectivity index (χ0) is 21.4. The molecule has 0 atom stereocenters. The van der Waals surface area contributed by atoms with E-state index in [4.69, 9.17) is 0 Å². The Morgan fingerprint density at radius 1 is 0.700 bits per heavy atom. The Morgan fingerprint density at radius 2 is 1.20 bits per heavy atom. The van der Waals surface area contributed by atoms with E-state index in [1.165, 1.54) is 83.1 Å². The van der Waals surface area contributed by atoms with Crippen molar-refractivity contribution in [1.29, 1.82) is 0 Å². The van der Waals surface area contributed by atoms with Gasteiger partial charge in [-0.3, -0.25) is 4.79 Å². The highest BCUT2D eigenvalue weighted by atomic mass is 19.1. The molecule has 0 radical (unpaired) electrons. The highest BCUT2D eigenvalue weighted by molar-refractivity contribution is 6.07. The summed E-state index contributed by atoms with van der Waals surface area (Å²) in [7, 11) is 0. The molecule has 2 rings (SSSR count). The molecule has 0 fully saturated rings. The number of rotatable bonds is 16. The lowest BCUT2D eigenvalue weighted by Gasteiger charge is -2.09. The number of hydrogen-bond donors (Lipinski definition) is 1. The normalized spacial score (nSPS) is 11.1. The lowest BCUT2D eigenvalue weighted by atomic mass is 10.0. The third kappa shape index (κ3) is 8.85. The molecule has 1 N–H and O–H groups in total. The van der Waals surface area contributed by atoms with Gasteiger partial charge < -0.3 is 5.32 Å². The standard InChI is InChI=1S/C27H40FNO/c1-2-3-4-5-6-7-8-9-10-11-12-13-14-17-22-29-27(30)25-20-21-26(28)24-19-16-15-18-23(24)25/h15-16,18-21H,2-14,17,22H2,1H3,(H,29,30). The van der Waals surface area contributed by atoms with Gasteiger partial charge in [-0.1, -0.05) is 115 Å². The van der Waals surface area contributed by atoms with Crippen LogP contribution < -0.4 is 5.32 Å². The molecule has 3 heteroatoms. The SMILES string of the molecule is CCCCCCCCCCCCCCCCNC(=O)c1ccc(F)c2ccccc12. The van der Waals surface area contributed by atoms with Crippen LogP contribution in [0.15, 0.2) is 36.4 Å². The molecule has 2 nitrogen and oxygen atoms in total. The summed E-state index contributed by atoms with van der Waals surface area (Å²) in [6, 6.07) is 10.1. The molecule has 0 aliphatic rings. The molecule has 0 spiro atoms. The average Bonchev–Trinajstić information content (AvgIpc) is 2.76. The Balaban J connectivity index is 1.48. The first kappa shape index (κ1) is 24.4. The van der Waals surface area contributed by atoms with Gasteiger partial charge in [0, 0.05) is 17.5 Å². The van der Waals surface area contributed by atoms with Crippen LogP contribution in [0.2, 0.25) is 0 Å². The van der Waals surface area contributed by atoms with E-state index >= 15 is 0 Å². The third-order valence-corrected chi connectivity index (χ3v) is 5.93. The average molecular weight is 414 g/mol. The smallest absolute Gasteiger partial charge is 0.251 e. The van der Waals surface area contributed by atoms with E-state index in [9.17, 15) is 9.18 Å². The van der Waals surface area contributed by atoms with Crippen molar-refractivity contribution in [3.8, 4) is 0 Å². The minimum atomic E-state index is -0.283. The Hall–Kier alpha value is -1.90. The van der Waals surface area contributed by atoms with Gasteiger partial charge in [0.05, 0.1) is 0 Å². The van der Waals surface area contributed by atoms with Crippen molar-refractivity contribution in [3.05, 3.63) is 47.8 Å². The maximum Gasteiger partial charge on any atom is 0.251 e. The Bertz CT molecular complexity index is 743. The van der Waals surface area contributed by atoms with Crippen molar-refractivity contribution in [3.63, 3.8) is 0 Å². The van der Waals surface area contributed by atoms with Crippen molar-refractivity contribution < 1.29 is 9.18 Å². The van der Waals surface area contributed by atoms with E-state index < -0.39 is 0 Å². The first-order valence-corrected chi connectivity index (χ1v) is 12.2. The molecule has 2 aromatic carbocycles. The summed E-state index contributed by atoms with van der Waals surface area (Å²) in [6.07, 6.45) is 18.6. The fourth-order valence-corrected chi connectivity index (χ4v) is 4.08. The second-order valence-electron chi connectivity index (χ2n) is 8.49. The summed E-state index contributed by atoms with van der Waals surface area (Å²) in [5, 5.41) is 4.17. The summed E-state index contributed by atoms with van der Waals surface area (Å²) < 4.78 is 13.9. The summed E-state index contributed by atoms with van der Waals surface area (Å²) in [4.78, 5) is 12.5. The van der Waals surface area contributed by atoms with Crippen molar-refractivity contribution >= 4 is 16.7 Å². The molecule has 0 heterocycles. The number of amides is 1. The van der Waals surface area contributed by atoms with Gasteiger partial charge in [-0.2, -0.15) is 0 Å². The maximum absolute atomic E-state index is 13.9. The second-order valence-corrected chi connectivity index (χ2v) is 8.49. The molecule has 0 aliphatic heterocycles. The highest BCUT2D eigenvalue weighted by Gasteiger charge is 2.11. The molecule has 0 saturated heterocycles. The molecule has 0 unspecified atom stereocenters. The molecule has 30 heavy (non-hydrogen) atoms. The van der Waals surface area contributed by atoms with Gasteiger partial charge in [0.15, 0.2) is 0 Å². The molecular formula is C27H40FNO. The number of fused-ring (bicyclic) bond motifs is 1. The van der Waals surface area contributed by atoms with Crippen molar-refractivity contribution in [2.45, 2.75) is 96.8 Å². The van der Waals surface area contributed by atoms with E-state index in [0.717, 1.165) is 12.8 Å². The van der Waals surface area contributed by atoms with Gasteiger partial charge >= 0.3 is 0 Å². The van der Waals surface area contributed by atoms with Crippen LogP contribution in [0.25, 0.3) is 10.8 Å². The van der Waals surface area contributed by atoms with E-state index in [0.29, 0.717) is 22.9 Å². The largest absolute Gasteiger partial charge is 0.352 e. The summed E-state index contributed by atoms with van der Waals surface area (Å²) >= 11 is 0. The lowest BCUT2D eigenvalue weighted by Crippen LogP contribution is -2.24. The van der Waals surface area contributed by atoms with Crippen LogP contribution in [0.4, 0.5) is 4.39 Å². The monoisotopic (exact) mass is 413 g/mol. The van der Waals surface area contributed by atoms with Crippen molar-refractivity contribution in [2.75, 3.05) is 6.54 Å². The van der Waals surface area contributed by atoms with Crippen molar-refractivity contribution in [1.82, 2.24) is 5.32 Å². The predicted octanol–water partition coefficient (Wildman–Crippen LogP) is 8.19. The van der Waals surface area contributed by atoms with Crippen LogP contribution >= 0.6 is 0 Å². The van der Waals surface area contributed by atoms with E-state index in [-0.39, 0.29) is 11.7 Å². The molecule has 0 bridgehead atoms. The second kappa shape index (κ2) is 15.0. The third-order valence-electron chi connectivity index (χ3n) is 5.93. The number of benzene rings is 2. The number of carbonyl (C=O) groups is 1. The fraction of sp³-hybridized carbons (Fsp3) is 0.593. The summed E-state index contributed by atoms with van der Waals surface area (Å²) in [6.45, 7) is 2.95. The lowest BCUT2D eigenvalue weighted by molar-refractivity contribution is 0.0954. The van der Waals surface area contributed by atoms with Gasteiger partial charge in [0.1, 0.15) is 5.82 Å². The number of unbranched alkanes of at least 4 members (excludes halogenated alkanes) is 13. The molecule has 1 amide bonds. The predicted molar refractivity (Wildman–Crippen MR) is 127 cm³/mol. The summed E-state index contributed by atoms with van der Waals surface area (Å²) in [5.74, 6) is -0.394. The highest BCUT2D eigenvalue weighted by Crippen LogP contribution is 2.21. The van der Waals surface area contributed by atoms with Crippen LogP contribution in [-0.2, 0) is 0 Å². The number of nitrogens with one attached hydrogen (secondary N) is 1. The number of halogens is 1.